The van der Waals surface area contributed by atoms with E-state index in [4.69, 9.17) is 4.74 Å². The molecule has 1 heteroatoms. The summed E-state index contributed by atoms with van der Waals surface area (Å²) in [5, 5.41) is 0. The smallest absolute Gasteiger partial charge is 0.128 e. The van der Waals surface area contributed by atoms with Gasteiger partial charge in [0.25, 0.3) is 0 Å². The Morgan fingerprint density at radius 1 is 0.875 bits per heavy atom. The van der Waals surface area contributed by atoms with Gasteiger partial charge in [-0.15, -0.1) is 0 Å². The number of hydrogen-bond acceptors (Lipinski definition) is 1. The van der Waals surface area contributed by atoms with Gasteiger partial charge in [0.2, 0.25) is 0 Å². The summed E-state index contributed by atoms with van der Waals surface area (Å²) in [5.41, 5.74) is 1.15. The summed E-state index contributed by atoms with van der Waals surface area (Å²) < 4.78 is 5.73. The van der Waals surface area contributed by atoms with Crippen molar-refractivity contribution in [2.45, 2.75) is 6.92 Å². The van der Waals surface area contributed by atoms with Crippen LogP contribution >= 0.6 is 0 Å². The minimum absolute atomic E-state index is 0.861. The first-order chi connectivity index (χ1) is 7.88. The molecular formula is C15H14O. The Balaban J connectivity index is 2.19. The van der Waals surface area contributed by atoms with E-state index < -0.39 is 0 Å². The number of para-hydroxylation sites is 1. The van der Waals surface area contributed by atoms with Crippen LogP contribution in [0.5, 0.6) is 11.5 Å². The number of rotatable bonds is 3. The molecule has 0 radical (unpaired) electrons. The second-order valence-corrected chi connectivity index (χ2v) is 3.49. The average Bonchev–Trinajstić information content (AvgIpc) is 2.31. The first-order valence-corrected chi connectivity index (χ1v) is 5.34. The molecule has 0 fully saturated rings. The van der Waals surface area contributed by atoms with Gasteiger partial charge in [0, 0.05) is 0 Å². The van der Waals surface area contributed by atoms with E-state index >= 15 is 0 Å². The maximum atomic E-state index is 5.73. The van der Waals surface area contributed by atoms with E-state index in [1.165, 1.54) is 0 Å². The van der Waals surface area contributed by atoms with Crippen LogP contribution in [0.1, 0.15) is 12.5 Å². The van der Waals surface area contributed by atoms with Crippen molar-refractivity contribution in [2.24, 2.45) is 0 Å². The Morgan fingerprint density at radius 2 is 1.62 bits per heavy atom. The number of hydrogen-bond donors (Lipinski definition) is 0. The maximum Gasteiger partial charge on any atom is 0.128 e. The molecule has 2 aromatic rings. The predicted molar refractivity (Wildman–Crippen MR) is 67.7 cm³/mol. The summed E-state index contributed by atoms with van der Waals surface area (Å²) in [6.45, 7) is 2.00. The molecule has 0 aliphatic heterocycles. The molecule has 1 nitrogen and oxygen atoms in total. The van der Waals surface area contributed by atoms with Crippen LogP contribution < -0.4 is 4.74 Å². The molecule has 0 aliphatic carbocycles. The zero-order valence-corrected chi connectivity index (χ0v) is 9.26. The van der Waals surface area contributed by atoms with Crippen LogP contribution in [0.15, 0.2) is 60.7 Å². The quantitative estimate of drug-likeness (QED) is 0.724. The lowest BCUT2D eigenvalue weighted by Crippen LogP contribution is -1.83. The SMILES string of the molecule is CC=Cc1cccc(Oc2ccccc2)c1. The highest BCUT2D eigenvalue weighted by molar-refractivity contribution is 5.51. The highest BCUT2D eigenvalue weighted by atomic mass is 16.5. The van der Waals surface area contributed by atoms with Gasteiger partial charge in [0.1, 0.15) is 11.5 Å². The van der Waals surface area contributed by atoms with Gasteiger partial charge in [0.15, 0.2) is 0 Å². The summed E-state index contributed by atoms with van der Waals surface area (Å²) >= 11 is 0. The average molecular weight is 210 g/mol. The lowest BCUT2D eigenvalue weighted by molar-refractivity contribution is 0.482. The van der Waals surface area contributed by atoms with E-state index in [9.17, 15) is 0 Å². The van der Waals surface area contributed by atoms with E-state index in [0.717, 1.165) is 17.1 Å². The highest BCUT2D eigenvalue weighted by Crippen LogP contribution is 2.22. The summed E-state index contributed by atoms with van der Waals surface area (Å²) in [4.78, 5) is 0. The van der Waals surface area contributed by atoms with Gasteiger partial charge < -0.3 is 4.74 Å². The van der Waals surface area contributed by atoms with Gasteiger partial charge in [-0.2, -0.15) is 0 Å². The molecule has 16 heavy (non-hydrogen) atoms. The summed E-state index contributed by atoms with van der Waals surface area (Å²) in [6, 6.07) is 17.8. The van der Waals surface area contributed by atoms with Crippen molar-refractivity contribution >= 4 is 6.08 Å². The Hall–Kier alpha value is -2.02. The Bertz CT molecular complexity index is 472. The molecule has 0 atom stereocenters. The topological polar surface area (TPSA) is 9.23 Å². The van der Waals surface area contributed by atoms with Crippen molar-refractivity contribution in [3.63, 3.8) is 0 Å². The van der Waals surface area contributed by atoms with Crippen molar-refractivity contribution in [1.82, 2.24) is 0 Å². The van der Waals surface area contributed by atoms with Crippen molar-refractivity contribution < 1.29 is 4.74 Å². The molecule has 0 heterocycles. The fourth-order valence-corrected chi connectivity index (χ4v) is 1.50. The third-order valence-corrected chi connectivity index (χ3v) is 2.20. The Labute approximate surface area is 96.0 Å². The predicted octanol–water partition coefficient (Wildman–Crippen LogP) is 4.51. The molecule has 2 rings (SSSR count). The molecule has 0 amide bonds. The van der Waals surface area contributed by atoms with E-state index in [1.807, 2.05) is 61.5 Å². The maximum absolute atomic E-state index is 5.73. The number of benzene rings is 2. The molecule has 0 unspecified atom stereocenters. The minimum atomic E-state index is 0.861. The van der Waals surface area contributed by atoms with E-state index in [1.54, 1.807) is 0 Å². The number of allylic oxidation sites excluding steroid dienone is 1. The first-order valence-electron chi connectivity index (χ1n) is 5.34. The molecule has 2 aromatic carbocycles. The van der Waals surface area contributed by atoms with Crippen LogP contribution in [0.3, 0.4) is 0 Å². The molecule has 0 aromatic heterocycles. The molecule has 80 valence electrons. The summed E-state index contributed by atoms with van der Waals surface area (Å²) in [5.74, 6) is 1.72. The highest BCUT2D eigenvalue weighted by Gasteiger charge is 1.96. The van der Waals surface area contributed by atoms with Crippen LogP contribution in [-0.4, -0.2) is 0 Å². The molecular weight excluding hydrogens is 196 g/mol. The number of ether oxygens (including phenoxy) is 1. The fraction of sp³-hybridized carbons (Fsp3) is 0.0667. The standard InChI is InChI=1S/C15H14O/c1-2-7-13-8-6-11-15(12-13)16-14-9-4-3-5-10-14/h2-12H,1H3. The van der Waals surface area contributed by atoms with Crippen LogP contribution in [0.2, 0.25) is 0 Å². The van der Waals surface area contributed by atoms with Crippen molar-refractivity contribution in [1.29, 1.82) is 0 Å². The third kappa shape index (κ3) is 2.74. The van der Waals surface area contributed by atoms with E-state index in [0.29, 0.717) is 0 Å². The van der Waals surface area contributed by atoms with Crippen molar-refractivity contribution in [3.05, 3.63) is 66.2 Å². The van der Waals surface area contributed by atoms with Crippen LogP contribution in [0.4, 0.5) is 0 Å². The minimum Gasteiger partial charge on any atom is -0.457 e. The van der Waals surface area contributed by atoms with Crippen LogP contribution in [-0.2, 0) is 0 Å². The molecule has 0 spiro atoms. The second kappa shape index (κ2) is 5.17. The largest absolute Gasteiger partial charge is 0.457 e. The summed E-state index contributed by atoms with van der Waals surface area (Å²) in [6.07, 6.45) is 4.07. The van der Waals surface area contributed by atoms with Gasteiger partial charge in [-0.3, -0.25) is 0 Å². The van der Waals surface area contributed by atoms with Gasteiger partial charge in [-0.1, -0.05) is 42.5 Å². The molecule has 0 saturated heterocycles. The normalized spacial score (nSPS) is 10.6. The van der Waals surface area contributed by atoms with Crippen molar-refractivity contribution in [2.75, 3.05) is 0 Å². The molecule has 0 bridgehead atoms. The second-order valence-electron chi connectivity index (χ2n) is 3.49. The van der Waals surface area contributed by atoms with Crippen LogP contribution in [0.25, 0.3) is 6.08 Å². The van der Waals surface area contributed by atoms with Gasteiger partial charge >= 0.3 is 0 Å². The van der Waals surface area contributed by atoms with E-state index in [2.05, 4.69) is 12.1 Å². The molecule has 0 saturated carbocycles. The monoisotopic (exact) mass is 210 g/mol. The third-order valence-electron chi connectivity index (χ3n) is 2.20. The van der Waals surface area contributed by atoms with Gasteiger partial charge in [-0.25, -0.2) is 0 Å². The van der Waals surface area contributed by atoms with Crippen LogP contribution in [0, 0.1) is 0 Å². The van der Waals surface area contributed by atoms with Gasteiger partial charge in [-0.05, 0) is 36.8 Å². The lowest BCUT2D eigenvalue weighted by atomic mass is 10.2. The first kappa shape index (κ1) is 10.5. The molecule has 0 aliphatic rings. The lowest BCUT2D eigenvalue weighted by Gasteiger charge is -2.05. The van der Waals surface area contributed by atoms with Gasteiger partial charge in [0.05, 0.1) is 0 Å². The fourth-order valence-electron chi connectivity index (χ4n) is 1.50. The molecule has 0 N–H and O–H groups in total. The Morgan fingerprint density at radius 3 is 2.38 bits per heavy atom. The zero-order valence-electron chi connectivity index (χ0n) is 9.26. The Kier molecular flexibility index (Phi) is 3.39. The zero-order chi connectivity index (χ0) is 11.2. The summed E-state index contributed by atoms with van der Waals surface area (Å²) in [7, 11) is 0. The van der Waals surface area contributed by atoms with E-state index in [-0.39, 0.29) is 0 Å². The van der Waals surface area contributed by atoms with Crippen molar-refractivity contribution in [3.8, 4) is 11.5 Å².